The van der Waals surface area contributed by atoms with Gasteiger partial charge >= 0.3 is 0 Å². The molecular formula is C17H20N2. The van der Waals surface area contributed by atoms with Crippen molar-refractivity contribution in [1.82, 2.24) is 10.3 Å². The highest BCUT2D eigenvalue weighted by Gasteiger charge is 2.18. The number of fused-ring (bicyclic) bond motifs is 1. The number of benzene rings is 1. The van der Waals surface area contributed by atoms with Crippen LogP contribution in [0.1, 0.15) is 35.4 Å². The van der Waals surface area contributed by atoms with Gasteiger partial charge in [0.05, 0.1) is 0 Å². The van der Waals surface area contributed by atoms with Crippen LogP contribution in [0.5, 0.6) is 0 Å². The third-order valence-electron chi connectivity index (χ3n) is 3.96. The summed E-state index contributed by atoms with van der Waals surface area (Å²) in [5, 5.41) is 3.58. The van der Waals surface area contributed by atoms with Crippen molar-refractivity contribution in [3.05, 3.63) is 65.5 Å². The lowest BCUT2D eigenvalue weighted by atomic mass is 9.83. The molecule has 1 aromatic carbocycles. The lowest BCUT2D eigenvalue weighted by Gasteiger charge is -2.25. The molecule has 2 aromatic rings. The second-order valence-electron chi connectivity index (χ2n) is 5.27. The van der Waals surface area contributed by atoms with Crippen molar-refractivity contribution in [3.8, 4) is 0 Å². The molecule has 0 fully saturated rings. The number of aryl methyl sites for hydroxylation is 1. The first-order valence-corrected chi connectivity index (χ1v) is 7.11. The molecule has 98 valence electrons. The van der Waals surface area contributed by atoms with Gasteiger partial charge in [-0.15, -0.1) is 0 Å². The summed E-state index contributed by atoms with van der Waals surface area (Å²) in [7, 11) is 0. The lowest BCUT2D eigenvalue weighted by Crippen LogP contribution is -2.24. The summed E-state index contributed by atoms with van der Waals surface area (Å²) in [6, 6.07) is 13.0. The number of aromatic nitrogens is 1. The van der Waals surface area contributed by atoms with Crippen molar-refractivity contribution in [2.24, 2.45) is 0 Å². The van der Waals surface area contributed by atoms with Crippen molar-refractivity contribution < 1.29 is 0 Å². The maximum absolute atomic E-state index is 4.05. The van der Waals surface area contributed by atoms with Crippen molar-refractivity contribution in [2.75, 3.05) is 6.54 Å². The smallest absolute Gasteiger partial charge is 0.0271 e. The van der Waals surface area contributed by atoms with Crippen LogP contribution in [-0.4, -0.2) is 11.5 Å². The SMILES string of the molecule is c1ccc2c(c1)CCCC2CNCc1ccncc1. The van der Waals surface area contributed by atoms with E-state index in [1.807, 2.05) is 12.4 Å². The van der Waals surface area contributed by atoms with Crippen molar-refractivity contribution in [3.63, 3.8) is 0 Å². The van der Waals surface area contributed by atoms with Crippen LogP contribution < -0.4 is 5.32 Å². The first kappa shape index (κ1) is 12.4. The summed E-state index contributed by atoms with van der Waals surface area (Å²) >= 11 is 0. The summed E-state index contributed by atoms with van der Waals surface area (Å²) in [5.41, 5.74) is 4.40. The first-order valence-electron chi connectivity index (χ1n) is 7.11. The summed E-state index contributed by atoms with van der Waals surface area (Å²) in [6.07, 6.45) is 7.58. The molecule has 0 saturated heterocycles. The molecule has 19 heavy (non-hydrogen) atoms. The third kappa shape index (κ3) is 3.02. The Labute approximate surface area is 114 Å². The molecule has 1 aromatic heterocycles. The van der Waals surface area contributed by atoms with Crippen LogP contribution in [0.25, 0.3) is 0 Å². The fourth-order valence-corrected chi connectivity index (χ4v) is 2.96. The fraction of sp³-hybridized carbons (Fsp3) is 0.353. The maximum atomic E-state index is 4.05. The number of hydrogen-bond acceptors (Lipinski definition) is 2. The van der Waals surface area contributed by atoms with Crippen molar-refractivity contribution >= 4 is 0 Å². The van der Waals surface area contributed by atoms with Crippen LogP contribution in [0, 0.1) is 0 Å². The van der Waals surface area contributed by atoms with Crippen LogP contribution >= 0.6 is 0 Å². The van der Waals surface area contributed by atoms with Gasteiger partial charge in [0.2, 0.25) is 0 Å². The first-order chi connectivity index (χ1) is 9.43. The second-order valence-corrected chi connectivity index (χ2v) is 5.27. The Bertz CT molecular complexity index is 522. The molecule has 0 aliphatic heterocycles. The highest BCUT2D eigenvalue weighted by molar-refractivity contribution is 5.32. The average Bonchev–Trinajstić information content (AvgIpc) is 2.49. The van der Waals surface area contributed by atoms with Gasteiger partial charge in [-0.3, -0.25) is 4.98 Å². The average molecular weight is 252 g/mol. The molecule has 1 atom stereocenters. The van der Waals surface area contributed by atoms with Crippen LogP contribution in [-0.2, 0) is 13.0 Å². The molecule has 0 amide bonds. The Morgan fingerprint density at radius 2 is 1.95 bits per heavy atom. The quantitative estimate of drug-likeness (QED) is 0.903. The van der Waals surface area contributed by atoms with E-state index in [4.69, 9.17) is 0 Å². The molecule has 0 spiro atoms. The van der Waals surface area contributed by atoms with E-state index in [1.54, 1.807) is 11.1 Å². The number of hydrogen-bond donors (Lipinski definition) is 1. The molecule has 2 nitrogen and oxygen atoms in total. The van der Waals surface area contributed by atoms with E-state index in [0.29, 0.717) is 5.92 Å². The molecule has 0 saturated carbocycles. The molecule has 1 aliphatic carbocycles. The van der Waals surface area contributed by atoms with Gasteiger partial charge in [-0.2, -0.15) is 0 Å². The van der Waals surface area contributed by atoms with Crippen LogP contribution in [0.3, 0.4) is 0 Å². The zero-order chi connectivity index (χ0) is 12.9. The van der Waals surface area contributed by atoms with E-state index in [0.717, 1.165) is 13.1 Å². The number of pyridine rings is 1. The largest absolute Gasteiger partial charge is 0.312 e. The predicted molar refractivity (Wildman–Crippen MR) is 78.1 cm³/mol. The van der Waals surface area contributed by atoms with Gasteiger partial charge in [-0.05, 0) is 54.0 Å². The fourth-order valence-electron chi connectivity index (χ4n) is 2.96. The molecule has 3 rings (SSSR count). The minimum Gasteiger partial charge on any atom is -0.312 e. The maximum Gasteiger partial charge on any atom is 0.0271 e. The third-order valence-corrected chi connectivity index (χ3v) is 3.96. The molecule has 0 bridgehead atoms. The zero-order valence-electron chi connectivity index (χ0n) is 11.2. The minimum absolute atomic E-state index is 0.673. The van der Waals surface area contributed by atoms with E-state index in [9.17, 15) is 0 Å². The Hall–Kier alpha value is -1.67. The Kier molecular flexibility index (Phi) is 3.89. The number of rotatable bonds is 4. The second kappa shape index (κ2) is 5.98. The number of nitrogens with zero attached hydrogens (tertiary/aromatic N) is 1. The Morgan fingerprint density at radius 3 is 2.84 bits per heavy atom. The topological polar surface area (TPSA) is 24.9 Å². The molecule has 1 N–H and O–H groups in total. The highest BCUT2D eigenvalue weighted by Crippen LogP contribution is 2.30. The molecule has 1 aliphatic rings. The lowest BCUT2D eigenvalue weighted by molar-refractivity contribution is 0.507. The summed E-state index contributed by atoms with van der Waals surface area (Å²) < 4.78 is 0. The Balaban J connectivity index is 1.59. The summed E-state index contributed by atoms with van der Waals surface area (Å²) in [5.74, 6) is 0.673. The van der Waals surface area contributed by atoms with Gasteiger partial charge in [0.1, 0.15) is 0 Å². The van der Waals surface area contributed by atoms with Gasteiger partial charge in [-0.25, -0.2) is 0 Å². The summed E-state index contributed by atoms with van der Waals surface area (Å²) in [4.78, 5) is 4.05. The molecule has 0 radical (unpaired) electrons. The van der Waals surface area contributed by atoms with Gasteiger partial charge in [0.15, 0.2) is 0 Å². The predicted octanol–water partition coefficient (Wildman–Crippen LogP) is 3.29. The van der Waals surface area contributed by atoms with E-state index in [2.05, 4.69) is 46.7 Å². The molecule has 2 heteroatoms. The number of nitrogens with one attached hydrogen (secondary N) is 1. The van der Waals surface area contributed by atoms with Gasteiger partial charge in [-0.1, -0.05) is 24.3 Å². The standard InChI is InChI=1S/C17H20N2/c1-2-7-17-15(4-1)5-3-6-16(17)13-19-12-14-8-10-18-11-9-14/h1-2,4,7-11,16,19H,3,5-6,12-13H2. The van der Waals surface area contributed by atoms with Crippen LogP contribution in [0.15, 0.2) is 48.8 Å². The van der Waals surface area contributed by atoms with Crippen molar-refractivity contribution in [1.29, 1.82) is 0 Å². The minimum atomic E-state index is 0.673. The normalized spacial score (nSPS) is 18.0. The van der Waals surface area contributed by atoms with E-state index < -0.39 is 0 Å². The van der Waals surface area contributed by atoms with E-state index >= 15 is 0 Å². The molecular weight excluding hydrogens is 232 g/mol. The zero-order valence-corrected chi connectivity index (χ0v) is 11.2. The van der Waals surface area contributed by atoms with Gasteiger partial charge in [0, 0.05) is 25.5 Å². The van der Waals surface area contributed by atoms with Crippen LogP contribution in [0.2, 0.25) is 0 Å². The van der Waals surface area contributed by atoms with E-state index in [-0.39, 0.29) is 0 Å². The van der Waals surface area contributed by atoms with Gasteiger partial charge in [0.25, 0.3) is 0 Å². The monoisotopic (exact) mass is 252 g/mol. The van der Waals surface area contributed by atoms with Crippen molar-refractivity contribution in [2.45, 2.75) is 31.7 Å². The molecule has 1 heterocycles. The molecule has 1 unspecified atom stereocenters. The highest BCUT2D eigenvalue weighted by atomic mass is 14.9. The Morgan fingerprint density at radius 1 is 1.11 bits per heavy atom. The van der Waals surface area contributed by atoms with Gasteiger partial charge < -0.3 is 5.32 Å². The van der Waals surface area contributed by atoms with E-state index in [1.165, 1.54) is 24.8 Å². The summed E-state index contributed by atoms with van der Waals surface area (Å²) in [6.45, 7) is 2.00. The van der Waals surface area contributed by atoms with Crippen LogP contribution in [0.4, 0.5) is 0 Å².